The van der Waals surface area contributed by atoms with Crippen molar-refractivity contribution in [1.82, 2.24) is 0 Å². The maximum absolute atomic E-state index is 7.18. The second-order valence-electron chi connectivity index (χ2n) is 12.0. The van der Waals surface area contributed by atoms with Gasteiger partial charge < -0.3 is 4.43 Å². The van der Waals surface area contributed by atoms with Gasteiger partial charge in [0.15, 0.2) is 0 Å². The first kappa shape index (κ1) is 24.9. The van der Waals surface area contributed by atoms with Crippen molar-refractivity contribution in [1.29, 1.82) is 0 Å². The van der Waals surface area contributed by atoms with E-state index in [9.17, 15) is 0 Å². The van der Waals surface area contributed by atoms with Gasteiger partial charge in [0.2, 0.25) is 8.32 Å². The standard InChI is InChI=1S/C21H44OSi5/c1-19(20-17-15-14-16-18-20)21(22-23(2,3)4)27(24(5,6)7,25(8,9)10)26(11,12)13/h14-18H,1-13H3/b21-19+. The summed E-state index contributed by atoms with van der Waals surface area (Å²) < 4.78 is 7.18. The van der Waals surface area contributed by atoms with Crippen molar-refractivity contribution in [3.05, 3.63) is 41.3 Å². The number of hydrogen-bond acceptors (Lipinski definition) is 1. The topological polar surface area (TPSA) is 9.23 Å². The highest BCUT2D eigenvalue weighted by molar-refractivity contribution is 7.91. The predicted molar refractivity (Wildman–Crippen MR) is 139 cm³/mol. The first-order valence-corrected chi connectivity index (χ1v) is 29.2. The van der Waals surface area contributed by atoms with Crippen LogP contribution in [-0.2, 0) is 4.43 Å². The summed E-state index contributed by atoms with van der Waals surface area (Å²) in [4.78, 5) is 0. The second-order valence-corrected chi connectivity index (χ2v) is 56.7. The van der Waals surface area contributed by atoms with Gasteiger partial charge >= 0.3 is 0 Å². The zero-order valence-corrected chi connectivity index (χ0v) is 25.3. The molecule has 0 spiro atoms. The molecule has 0 aliphatic carbocycles. The molecule has 1 aromatic rings. The first-order chi connectivity index (χ1) is 11.9. The zero-order chi connectivity index (χ0) is 21.5. The monoisotopic (exact) mass is 452 g/mol. The maximum atomic E-state index is 7.18. The molecule has 0 heterocycles. The Morgan fingerprint density at radius 2 is 1.00 bits per heavy atom. The van der Waals surface area contributed by atoms with Crippen molar-refractivity contribution in [2.45, 2.75) is 85.5 Å². The number of benzene rings is 1. The molecular weight excluding hydrogens is 409 g/mol. The van der Waals surface area contributed by atoms with Crippen LogP contribution in [0.2, 0.25) is 78.6 Å². The third-order valence-electron chi connectivity index (χ3n) is 5.67. The van der Waals surface area contributed by atoms with Crippen LogP contribution in [-0.4, -0.2) is 37.7 Å². The van der Waals surface area contributed by atoms with Crippen molar-refractivity contribution in [3.8, 4) is 0 Å². The third-order valence-corrected chi connectivity index (χ3v) is 77.4. The fourth-order valence-corrected chi connectivity index (χ4v) is 108. The molecule has 6 heteroatoms. The van der Waals surface area contributed by atoms with Crippen molar-refractivity contribution in [2.75, 3.05) is 0 Å². The van der Waals surface area contributed by atoms with E-state index in [0.29, 0.717) is 0 Å². The summed E-state index contributed by atoms with van der Waals surface area (Å²) in [5.74, 6) is 0. The van der Waals surface area contributed by atoms with E-state index in [4.69, 9.17) is 4.43 Å². The molecule has 0 saturated carbocycles. The SMILES string of the molecule is C/C(=C(/O[Si](C)(C)C)[Si]([Si](C)(C)C)([Si](C)(C)C)[Si](C)(C)C)c1ccccc1. The van der Waals surface area contributed by atoms with Crippen LogP contribution in [0, 0.1) is 0 Å². The van der Waals surface area contributed by atoms with Gasteiger partial charge in [-0.2, -0.15) is 0 Å². The van der Waals surface area contributed by atoms with Crippen molar-refractivity contribution in [3.63, 3.8) is 0 Å². The molecule has 0 aliphatic heterocycles. The van der Waals surface area contributed by atoms with Crippen LogP contribution in [0.4, 0.5) is 0 Å². The van der Waals surface area contributed by atoms with Crippen LogP contribution in [0.3, 0.4) is 0 Å². The molecule has 0 atom stereocenters. The summed E-state index contributed by atoms with van der Waals surface area (Å²) >= 11 is 0. The quantitative estimate of drug-likeness (QED) is 0.307. The summed E-state index contributed by atoms with van der Waals surface area (Å²) in [6, 6.07) is 11.0. The Labute approximate surface area is 174 Å². The molecule has 0 amide bonds. The van der Waals surface area contributed by atoms with Gasteiger partial charge in [0.25, 0.3) is 0 Å². The minimum Gasteiger partial charge on any atom is -0.552 e. The Balaban J connectivity index is 4.10. The minimum absolute atomic E-state index is 1.36. The van der Waals surface area contributed by atoms with E-state index in [0.717, 1.165) is 0 Å². The summed E-state index contributed by atoms with van der Waals surface area (Å²) in [6.45, 7) is 31.6. The molecule has 27 heavy (non-hydrogen) atoms. The first-order valence-electron chi connectivity index (χ1n) is 10.3. The second kappa shape index (κ2) is 7.93. The van der Waals surface area contributed by atoms with E-state index in [1.807, 2.05) is 0 Å². The Bertz CT molecular complexity index is 632. The lowest BCUT2D eigenvalue weighted by atomic mass is 10.1. The number of allylic oxidation sites excluding steroid dienone is 1. The lowest BCUT2D eigenvalue weighted by Gasteiger charge is -2.59. The molecule has 0 aliphatic rings. The third kappa shape index (κ3) is 5.07. The minimum atomic E-state index is -1.78. The molecule has 1 aromatic carbocycles. The molecule has 0 radical (unpaired) electrons. The highest BCUT2D eigenvalue weighted by Crippen LogP contribution is 2.45. The van der Waals surface area contributed by atoms with Crippen LogP contribution in [0.5, 0.6) is 0 Å². The van der Waals surface area contributed by atoms with Crippen LogP contribution in [0.15, 0.2) is 35.7 Å². The molecule has 1 nitrogen and oxygen atoms in total. The lowest BCUT2D eigenvalue weighted by Crippen LogP contribution is -2.84. The lowest BCUT2D eigenvalue weighted by molar-refractivity contribution is 0.458. The number of rotatable bonds is 7. The molecule has 0 fully saturated rings. The molecule has 0 bridgehead atoms. The largest absolute Gasteiger partial charge is 0.552 e. The average molecular weight is 453 g/mol. The van der Waals surface area contributed by atoms with E-state index >= 15 is 0 Å². The van der Waals surface area contributed by atoms with Gasteiger partial charge in [0.1, 0.15) is 6.63 Å². The Hall–Kier alpha value is -0.156. The van der Waals surface area contributed by atoms with E-state index in [1.165, 1.54) is 16.5 Å². The van der Waals surface area contributed by atoms with E-state index in [1.54, 1.807) is 0 Å². The van der Waals surface area contributed by atoms with Crippen LogP contribution < -0.4 is 0 Å². The van der Waals surface area contributed by atoms with Gasteiger partial charge in [0, 0.05) is 22.8 Å². The fourth-order valence-electron chi connectivity index (χ4n) is 5.96. The van der Waals surface area contributed by atoms with Gasteiger partial charge in [0.05, 0.1) is 5.38 Å². The molecule has 154 valence electrons. The van der Waals surface area contributed by atoms with Gasteiger partial charge in [-0.3, -0.25) is 0 Å². The van der Waals surface area contributed by atoms with Crippen LogP contribution >= 0.6 is 0 Å². The van der Waals surface area contributed by atoms with E-state index < -0.39 is 37.7 Å². The van der Waals surface area contributed by atoms with E-state index in [-0.39, 0.29) is 0 Å². The summed E-state index contributed by atoms with van der Waals surface area (Å²) in [7, 11) is -6.11. The van der Waals surface area contributed by atoms with Crippen LogP contribution in [0.25, 0.3) is 5.57 Å². The predicted octanol–water partition coefficient (Wildman–Crippen LogP) is 7.51. The molecule has 0 unspecified atom stereocenters. The van der Waals surface area contributed by atoms with Crippen molar-refractivity contribution in [2.24, 2.45) is 0 Å². The molecule has 0 aromatic heterocycles. The van der Waals surface area contributed by atoms with E-state index in [2.05, 4.69) is 116 Å². The Morgan fingerprint density at radius 3 is 1.30 bits per heavy atom. The van der Waals surface area contributed by atoms with Gasteiger partial charge in [-0.25, -0.2) is 0 Å². The smallest absolute Gasteiger partial charge is 0.241 e. The zero-order valence-electron chi connectivity index (χ0n) is 20.3. The molecule has 0 saturated heterocycles. The summed E-state index contributed by atoms with van der Waals surface area (Å²) in [5.41, 5.74) is 2.80. The fraction of sp³-hybridized carbons (Fsp3) is 0.619. The number of hydrogen-bond donors (Lipinski definition) is 0. The van der Waals surface area contributed by atoms with Crippen molar-refractivity contribution >= 4 is 43.3 Å². The molecular formula is C21H44OSi5. The summed E-state index contributed by atoms with van der Waals surface area (Å²) in [6.07, 6.45) is 0. The van der Waals surface area contributed by atoms with Crippen LogP contribution in [0.1, 0.15) is 12.5 Å². The Kier molecular flexibility index (Phi) is 7.31. The maximum Gasteiger partial charge on any atom is 0.241 e. The Morgan fingerprint density at radius 1 is 0.630 bits per heavy atom. The highest BCUT2D eigenvalue weighted by Gasteiger charge is 2.65. The normalized spacial score (nSPS) is 15.4. The van der Waals surface area contributed by atoms with Gasteiger partial charge in [-0.1, -0.05) is 89.3 Å². The molecule has 1 rings (SSSR count). The highest BCUT2D eigenvalue weighted by atomic mass is 29.9. The summed E-state index contributed by atoms with van der Waals surface area (Å²) in [5, 5.41) is 1.52. The van der Waals surface area contributed by atoms with Gasteiger partial charge in [-0.05, 0) is 37.7 Å². The average Bonchev–Trinajstić information content (AvgIpc) is 2.41. The molecule has 0 N–H and O–H groups in total. The van der Waals surface area contributed by atoms with Gasteiger partial charge in [-0.15, -0.1) is 0 Å². The van der Waals surface area contributed by atoms with Crippen molar-refractivity contribution < 1.29 is 4.43 Å².